The van der Waals surface area contributed by atoms with Crippen LogP contribution in [0.2, 0.25) is 0 Å². The third kappa shape index (κ3) is 5.51. The minimum Gasteiger partial charge on any atom is -0.454 e. The molecule has 0 fully saturated rings. The van der Waals surface area contributed by atoms with Gasteiger partial charge < -0.3 is 9.30 Å². The molecule has 2 N–H and O–H groups in total. The van der Waals surface area contributed by atoms with Crippen LogP contribution >= 0.6 is 0 Å². The van der Waals surface area contributed by atoms with Crippen molar-refractivity contribution in [1.29, 1.82) is 0 Å². The molecule has 0 atom stereocenters. The first-order valence-electron chi connectivity index (χ1n) is 9.11. The number of aromatic nitrogens is 1. The summed E-state index contributed by atoms with van der Waals surface area (Å²) in [5, 5.41) is 4.99. The number of halogens is 1. The van der Waals surface area contributed by atoms with Gasteiger partial charge in [0.1, 0.15) is 5.82 Å². The number of benzene rings is 1. The molecular formula is C20H25FN2O5S. The minimum absolute atomic E-state index is 0.425. The highest BCUT2D eigenvalue weighted by molar-refractivity contribution is 7.89. The number of nitrogens with zero attached hydrogens (tertiary/aromatic N) is 1. The number of carbonyl (C=O) groups is 2. The van der Waals surface area contributed by atoms with Crippen LogP contribution < -0.4 is 5.14 Å². The minimum atomic E-state index is -4.11. The van der Waals surface area contributed by atoms with Crippen molar-refractivity contribution < 1.29 is 27.1 Å². The van der Waals surface area contributed by atoms with E-state index >= 15 is 0 Å². The fraction of sp³-hybridized carbons (Fsp3) is 0.400. The molecule has 0 aliphatic carbocycles. The van der Waals surface area contributed by atoms with Crippen molar-refractivity contribution in [2.75, 3.05) is 6.61 Å². The highest BCUT2D eigenvalue weighted by Gasteiger charge is 2.21. The molecule has 158 valence electrons. The number of primary sulfonamides is 1. The van der Waals surface area contributed by atoms with Gasteiger partial charge >= 0.3 is 5.97 Å². The molecule has 29 heavy (non-hydrogen) atoms. The molecule has 0 amide bonds. The summed E-state index contributed by atoms with van der Waals surface area (Å²) in [4.78, 5) is 24.3. The van der Waals surface area contributed by atoms with Crippen molar-refractivity contribution in [1.82, 2.24) is 4.57 Å². The summed E-state index contributed by atoms with van der Waals surface area (Å²) in [5.74, 6) is -2.03. The van der Waals surface area contributed by atoms with Crippen LogP contribution in [0, 0.1) is 25.6 Å². The Morgan fingerprint density at radius 1 is 1.17 bits per heavy atom. The molecule has 0 saturated heterocycles. The number of esters is 1. The monoisotopic (exact) mass is 424 g/mol. The van der Waals surface area contributed by atoms with Gasteiger partial charge in [-0.2, -0.15) is 0 Å². The number of aryl methyl sites for hydroxylation is 1. The number of ether oxygens (including phenoxy) is 1. The first-order valence-corrected chi connectivity index (χ1v) is 10.7. The Bertz CT molecular complexity index is 1040. The summed E-state index contributed by atoms with van der Waals surface area (Å²) < 4.78 is 43.6. The number of Topliss-reactive ketones (excluding diaryl/α,β-unsaturated/α-hetero) is 1. The zero-order valence-corrected chi connectivity index (χ0v) is 17.7. The molecule has 0 spiro atoms. The topological polar surface area (TPSA) is 108 Å². The molecule has 0 unspecified atom stereocenters. The van der Waals surface area contributed by atoms with Crippen LogP contribution in [-0.4, -0.2) is 31.3 Å². The van der Waals surface area contributed by atoms with Crippen molar-refractivity contribution in [3.05, 3.63) is 52.6 Å². The number of hydrogen-bond acceptors (Lipinski definition) is 5. The van der Waals surface area contributed by atoms with Crippen molar-refractivity contribution >= 4 is 21.8 Å². The van der Waals surface area contributed by atoms with Crippen LogP contribution in [0.15, 0.2) is 29.2 Å². The number of hydrogen-bond donors (Lipinski definition) is 1. The van der Waals surface area contributed by atoms with E-state index in [1.165, 1.54) is 0 Å². The van der Waals surface area contributed by atoms with Crippen molar-refractivity contribution in [2.45, 2.75) is 45.6 Å². The average molecular weight is 424 g/mol. The summed E-state index contributed by atoms with van der Waals surface area (Å²) in [7, 11) is -4.11. The summed E-state index contributed by atoms with van der Waals surface area (Å²) in [6.07, 6.45) is 0.957. The van der Waals surface area contributed by atoms with Crippen LogP contribution in [0.5, 0.6) is 0 Å². The Morgan fingerprint density at radius 2 is 1.83 bits per heavy atom. The Hall–Kier alpha value is -2.52. The molecule has 7 nitrogen and oxygen atoms in total. The van der Waals surface area contributed by atoms with Gasteiger partial charge in [0.2, 0.25) is 15.8 Å². The lowest BCUT2D eigenvalue weighted by molar-refractivity contribution is 0.0469. The molecule has 1 aromatic carbocycles. The number of rotatable bonds is 8. The molecule has 0 saturated carbocycles. The van der Waals surface area contributed by atoms with Crippen LogP contribution in [-0.2, 0) is 21.3 Å². The first kappa shape index (κ1) is 22.8. The molecule has 1 aromatic heterocycles. The van der Waals surface area contributed by atoms with Crippen molar-refractivity contribution in [3.8, 4) is 0 Å². The standard InChI is InChI=1S/C20H25FN2O5S/c1-12(2)7-8-23-13(3)9-16(14(23)4)19(24)11-28-20(25)17-10-15(29(22,26)27)5-6-18(17)21/h5-6,9-10,12H,7-8,11H2,1-4H3,(H2,22,26,27). The van der Waals surface area contributed by atoms with Gasteiger partial charge in [0.25, 0.3) is 0 Å². The maximum Gasteiger partial charge on any atom is 0.341 e. The van der Waals surface area contributed by atoms with E-state index in [0.717, 1.165) is 42.6 Å². The lowest BCUT2D eigenvalue weighted by Gasteiger charge is -2.11. The number of ketones is 1. The Morgan fingerprint density at radius 3 is 2.41 bits per heavy atom. The lowest BCUT2D eigenvalue weighted by atomic mass is 10.1. The second kappa shape index (κ2) is 8.87. The molecule has 0 aliphatic rings. The number of sulfonamides is 1. The molecule has 0 bridgehead atoms. The molecule has 9 heteroatoms. The van der Waals surface area contributed by atoms with Gasteiger partial charge in [-0.25, -0.2) is 22.7 Å². The summed E-state index contributed by atoms with van der Waals surface area (Å²) >= 11 is 0. The van der Waals surface area contributed by atoms with E-state index in [4.69, 9.17) is 9.88 Å². The van der Waals surface area contributed by atoms with Crippen LogP contribution in [0.4, 0.5) is 4.39 Å². The zero-order valence-electron chi connectivity index (χ0n) is 16.9. The van der Waals surface area contributed by atoms with Gasteiger partial charge in [-0.1, -0.05) is 13.8 Å². The van der Waals surface area contributed by atoms with E-state index in [-0.39, 0.29) is 0 Å². The molecular weight excluding hydrogens is 399 g/mol. The summed E-state index contributed by atoms with van der Waals surface area (Å²) in [6.45, 7) is 8.12. The van der Waals surface area contributed by atoms with E-state index in [1.54, 1.807) is 6.07 Å². The first-order chi connectivity index (χ1) is 13.4. The second-order valence-corrected chi connectivity index (χ2v) is 8.87. The number of nitrogens with two attached hydrogens (primary N) is 1. The normalized spacial score (nSPS) is 11.7. The average Bonchev–Trinajstić information content (AvgIpc) is 2.91. The van der Waals surface area contributed by atoms with Gasteiger partial charge in [-0.3, -0.25) is 4.79 Å². The second-order valence-electron chi connectivity index (χ2n) is 7.30. The Kier molecular flexibility index (Phi) is 6.97. The van der Waals surface area contributed by atoms with Gasteiger partial charge in [0, 0.05) is 23.5 Å². The maximum atomic E-state index is 13.9. The molecule has 2 rings (SSSR count). The zero-order chi connectivity index (χ0) is 21.9. The van der Waals surface area contributed by atoms with Gasteiger partial charge in [0.15, 0.2) is 6.61 Å². The summed E-state index contributed by atoms with van der Waals surface area (Å²) in [5.41, 5.74) is 1.51. The predicted octanol–water partition coefficient (Wildman–Crippen LogP) is 2.98. The van der Waals surface area contributed by atoms with E-state index in [0.29, 0.717) is 11.5 Å². The Labute approximate surface area is 169 Å². The molecule has 2 aromatic rings. The smallest absolute Gasteiger partial charge is 0.341 e. The predicted molar refractivity (Wildman–Crippen MR) is 106 cm³/mol. The van der Waals surface area contributed by atoms with Crippen LogP contribution in [0.1, 0.15) is 52.4 Å². The van der Waals surface area contributed by atoms with Crippen LogP contribution in [0.25, 0.3) is 0 Å². The number of carbonyl (C=O) groups excluding carboxylic acids is 2. The van der Waals surface area contributed by atoms with E-state index in [1.807, 2.05) is 18.4 Å². The van der Waals surface area contributed by atoms with E-state index in [9.17, 15) is 22.4 Å². The van der Waals surface area contributed by atoms with Gasteiger partial charge in [-0.15, -0.1) is 0 Å². The fourth-order valence-electron chi connectivity index (χ4n) is 2.94. The third-order valence-electron chi connectivity index (χ3n) is 4.62. The van der Waals surface area contributed by atoms with Gasteiger partial charge in [0.05, 0.1) is 10.5 Å². The SMILES string of the molecule is Cc1cc(C(=O)COC(=O)c2cc(S(N)(=O)=O)ccc2F)c(C)n1CCC(C)C. The quantitative estimate of drug-likeness (QED) is 0.518. The molecule has 0 radical (unpaired) electrons. The fourth-order valence-corrected chi connectivity index (χ4v) is 3.48. The highest BCUT2D eigenvalue weighted by atomic mass is 32.2. The van der Waals surface area contributed by atoms with Crippen molar-refractivity contribution in [2.24, 2.45) is 11.1 Å². The summed E-state index contributed by atoms with van der Waals surface area (Å²) in [6, 6.07) is 4.27. The maximum absolute atomic E-state index is 13.9. The van der Waals surface area contributed by atoms with Gasteiger partial charge in [-0.05, 0) is 50.5 Å². The van der Waals surface area contributed by atoms with E-state index in [2.05, 4.69) is 13.8 Å². The van der Waals surface area contributed by atoms with Crippen LogP contribution in [0.3, 0.4) is 0 Å². The third-order valence-corrected chi connectivity index (χ3v) is 5.54. The molecule has 1 heterocycles. The largest absolute Gasteiger partial charge is 0.454 e. The van der Waals surface area contributed by atoms with E-state index < -0.39 is 44.7 Å². The lowest BCUT2D eigenvalue weighted by Crippen LogP contribution is -2.18. The van der Waals surface area contributed by atoms with Crippen molar-refractivity contribution in [3.63, 3.8) is 0 Å². The molecule has 0 aliphatic heterocycles. The highest BCUT2D eigenvalue weighted by Crippen LogP contribution is 2.19. The Balaban J connectivity index is 2.14.